The first-order valence-electron chi connectivity index (χ1n) is 7.01. The summed E-state index contributed by atoms with van der Waals surface area (Å²) in [4.78, 5) is 4.44. The summed E-state index contributed by atoms with van der Waals surface area (Å²) in [7, 11) is 0. The quantitative estimate of drug-likeness (QED) is 0.784. The molecule has 106 valence electrons. The van der Waals surface area contributed by atoms with Crippen LogP contribution >= 0.6 is 0 Å². The number of benzene rings is 2. The Kier molecular flexibility index (Phi) is 3.59. The summed E-state index contributed by atoms with van der Waals surface area (Å²) in [6, 6.07) is 14.1. The van der Waals surface area contributed by atoms with E-state index in [-0.39, 0.29) is 0 Å². The normalized spacial score (nSPS) is 10.8. The molecule has 0 amide bonds. The lowest BCUT2D eigenvalue weighted by Gasteiger charge is -2.16. The molecule has 0 unspecified atom stereocenters. The molecule has 3 rings (SSSR count). The first kappa shape index (κ1) is 13.6. The summed E-state index contributed by atoms with van der Waals surface area (Å²) < 4.78 is 6.26. The molecular weight excluding hydrogens is 260 g/mol. The second-order valence-electron chi connectivity index (χ2n) is 5.16. The van der Waals surface area contributed by atoms with Crippen LogP contribution in [0.1, 0.15) is 16.7 Å². The van der Waals surface area contributed by atoms with E-state index in [0.29, 0.717) is 6.54 Å². The van der Waals surface area contributed by atoms with Crippen molar-refractivity contribution >= 4 is 10.9 Å². The van der Waals surface area contributed by atoms with Gasteiger partial charge in [0.1, 0.15) is 11.5 Å². The molecule has 0 aliphatic heterocycles. The van der Waals surface area contributed by atoms with E-state index in [1.807, 2.05) is 56.3 Å². The van der Waals surface area contributed by atoms with Crippen molar-refractivity contribution in [1.29, 1.82) is 0 Å². The molecule has 0 aliphatic rings. The van der Waals surface area contributed by atoms with E-state index in [2.05, 4.69) is 4.98 Å². The summed E-state index contributed by atoms with van der Waals surface area (Å²) in [5.41, 5.74) is 9.90. The van der Waals surface area contributed by atoms with Gasteiger partial charge in [-0.3, -0.25) is 4.98 Å². The third-order valence-electron chi connectivity index (χ3n) is 3.63. The van der Waals surface area contributed by atoms with Gasteiger partial charge < -0.3 is 10.5 Å². The van der Waals surface area contributed by atoms with Crippen molar-refractivity contribution in [2.45, 2.75) is 20.4 Å². The van der Waals surface area contributed by atoms with Gasteiger partial charge in [-0.15, -0.1) is 0 Å². The van der Waals surface area contributed by atoms with Gasteiger partial charge in [0.25, 0.3) is 0 Å². The number of ether oxygens (including phenoxy) is 1. The molecule has 3 aromatic rings. The molecule has 0 radical (unpaired) electrons. The minimum absolute atomic E-state index is 0.401. The maximum absolute atomic E-state index is 6.26. The maximum atomic E-state index is 6.26. The molecule has 21 heavy (non-hydrogen) atoms. The molecule has 2 N–H and O–H groups in total. The van der Waals surface area contributed by atoms with Gasteiger partial charge >= 0.3 is 0 Å². The van der Waals surface area contributed by atoms with Crippen molar-refractivity contribution in [3.8, 4) is 11.5 Å². The molecule has 1 heterocycles. The topological polar surface area (TPSA) is 48.1 Å². The molecule has 0 spiro atoms. The smallest absolute Gasteiger partial charge is 0.142 e. The molecule has 0 aliphatic carbocycles. The maximum Gasteiger partial charge on any atom is 0.142 e. The minimum atomic E-state index is 0.401. The molecule has 0 bridgehead atoms. The van der Waals surface area contributed by atoms with Crippen molar-refractivity contribution in [1.82, 2.24) is 4.98 Å². The number of aromatic nitrogens is 1. The van der Waals surface area contributed by atoms with Crippen LogP contribution in [-0.2, 0) is 6.54 Å². The lowest BCUT2D eigenvalue weighted by atomic mass is 10.1. The van der Waals surface area contributed by atoms with Crippen LogP contribution in [0.5, 0.6) is 11.5 Å². The third-order valence-corrected chi connectivity index (χ3v) is 3.63. The Hall–Kier alpha value is -2.39. The zero-order valence-corrected chi connectivity index (χ0v) is 12.3. The monoisotopic (exact) mass is 278 g/mol. The number of nitrogens with zero attached hydrogens (tertiary/aromatic N) is 1. The Labute approximate surface area is 124 Å². The molecule has 0 fully saturated rings. The highest BCUT2D eigenvalue weighted by atomic mass is 16.5. The number of para-hydroxylation sites is 2. The third kappa shape index (κ3) is 2.48. The van der Waals surface area contributed by atoms with E-state index in [1.54, 1.807) is 6.20 Å². The fourth-order valence-electron chi connectivity index (χ4n) is 2.49. The van der Waals surface area contributed by atoms with Crippen LogP contribution in [0.2, 0.25) is 0 Å². The minimum Gasteiger partial charge on any atom is -0.456 e. The number of hydrogen-bond donors (Lipinski definition) is 1. The van der Waals surface area contributed by atoms with Crippen molar-refractivity contribution in [2.75, 3.05) is 0 Å². The largest absolute Gasteiger partial charge is 0.456 e. The second kappa shape index (κ2) is 5.54. The Balaban J connectivity index is 2.19. The Morgan fingerprint density at radius 1 is 0.952 bits per heavy atom. The number of fused-ring (bicyclic) bond motifs is 1. The average Bonchev–Trinajstić information content (AvgIpc) is 2.51. The van der Waals surface area contributed by atoms with Crippen molar-refractivity contribution in [3.63, 3.8) is 0 Å². The van der Waals surface area contributed by atoms with Gasteiger partial charge in [-0.05, 0) is 37.1 Å². The number of hydrogen-bond acceptors (Lipinski definition) is 3. The zero-order chi connectivity index (χ0) is 14.8. The molecule has 1 aromatic heterocycles. The van der Waals surface area contributed by atoms with Crippen LogP contribution in [0.15, 0.2) is 48.7 Å². The standard InChI is InChI=1S/C18H18N2O/c1-12-6-5-7-13(2)17(12)21-18-14(10-19)11-20-16-9-4-3-8-15(16)18/h3-9,11H,10,19H2,1-2H3. The molecule has 3 heteroatoms. The Bertz CT molecular complexity index is 776. The van der Waals surface area contributed by atoms with Crippen molar-refractivity contribution < 1.29 is 4.74 Å². The van der Waals surface area contributed by atoms with E-state index in [4.69, 9.17) is 10.5 Å². The molecule has 2 aromatic carbocycles. The molecule has 0 atom stereocenters. The van der Waals surface area contributed by atoms with E-state index in [0.717, 1.165) is 39.1 Å². The van der Waals surface area contributed by atoms with E-state index in [1.165, 1.54) is 0 Å². The van der Waals surface area contributed by atoms with Gasteiger partial charge in [0.2, 0.25) is 0 Å². The van der Waals surface area contributed by atoms with Crippen LogP contribution < -0.4 is 10.5 Å². The zero-order valence-electron chi connectivity index (χ0n) is 12.3. The fourth-order valence-corrected chi connectivity index (χ4v) is 2.49. The van der Waals surface area contributed by atoms with Gasteiger partial charge in [-0.1, -0.05) is 30.3 Å². The molecule has 3 nitrogen and oxygen atoms in total. The van der Waals surface area contributed by atoms with E-state index >= 15 is 0 Å². The molecule has 0 saturated heterocycles. The van der Waals surface area contributed by atoms with Crippen molar-refractivity contribution in [3.05, 3.63) is 65.4 Å². The number of rotatable bonds is 3. The number of pyridine rings is 1. The summed E-state index contributed by atoms with van der Waals surface area (Å²) in [5.74, 6) is 1.70. The van der Waals surface area contributed by atoms with Gasteiger partial charge in [0.05, 0.1) is 5.52 Å². The predicted octanol–water partition coefficient (Wildman–Crippen LogP) is 4.10. The van der Waals surface area contributed by atoms with Gasteiger partial charge in [-0.2, -0.15) is 0 Å². The van der Waals surface area contributed by atoms with Crippen LogP contribution in [-0.4, -0.2) is 4.98 Å². The number of aryl methyl sites for hydroxylation is 2. The molecular formula is C18H18N2O. The first-order chi connectivity index (χ1) is 10.2. The SMILES string of the molecule is Cc1cccc(C)c1Oc1c(CN)cnc2ccccc12. The van der Waals surface area contributed by atoms with Crippen LogP contribution in [0.4, 0.5) is 0 Å². The Morgan fingerprint density at radius 2 is 1.67 bits per heavy atom. The van der Waals surface area contributed by atoms with E-state index < -0.39 is 0 Å². The summed E-state index contributed by atoms with van der Waals surface area (Å²) >= 11 is 0. The predicted molar refractivity (Wildman–Crippen MR) is 85.6 cm³/mol. The van der Waals surface area contributed by atoms with Crippen molar-refractivity contribution in [2.24, 2.45) is 5.73 Å². The summed E-state index contributed by atoms with van der Waals surface area (Å²) in [6.45, 7) is 4.50. The Morgan fingerprint density at radius 3 is 2.38 bits per heavy atom. The van der Waals surface area contributed by atoms with Crippen LogP contribution in [0, 0.1) is 13.8 Å². The van der Waals surface area contributed by atoms with Gasteiger partial charge in [0.15, 0.2) is 0 Å². The number of nitrogens with two attached hydrogens (primary N) is 1. The van der Waals surface area contributed by atoms with Crippen LogP contribution in [0.3, 0.4) is 0 Å². The lowest BCUT2D eigenvalue weighted by Crippen LogP contribution is -2.02. The average molecular weight is 278 g/mol. The van der Waals surface area contributed by atoms with E-state index in [9.17, 15) is 0 Å². The molecule has 0 saturated carbocycles. The first-order valence-corrected chi connectivity index (χ1v) is 7.01. The summed E-state index contributed by atoms with van der Waals surface area (Å²) in [6.07, 6.45) is 1.80. The lowest BCUT2D eigenvalue weighted by molar-refractivity contribution is 0.474. The fraction of sp³-hybridized carbons (Fsp3) is 0.167. The van der Waals surface area contributed by atoms with Gasteiger partial charge in [0, 0.05) is 23.7 Å². The van der Waals surface area contributed by atoms with Crippen LogP contribution in [0.25, 0.3) is 10.9 Å². The summed E-state index contributed by atoms with van der Waals surface area (Å²) in [5, 5.41) is 0.989. The van der Waals surface area contributed by atoms with Gasteiger partial charge in [-0.25, -0.2) is 0 Å². The second-order valence-corrected chi connectivity index (χ2v) is 5.16. The highest BCUT2D eigenvalue weighted by Gasteiger charge is 2.12. The highest BCUT2D eigenvalue weighted by Crippen LogP contribution is 2.35. The highest BCUT2D eigenvalue weighted by molar-refractivity contribution is 5.86.